The van der Waals surface area contributed by atoms with Crippen molar-refractivity contribution in [3.63, 3.8) is 0 Å². The van der Waals surface area contributed by atoms with E-state index in [-0.39, 0.29) is 23.5 Å². The number of fused-ring (bicyclic) bond motifs is 1. The van der Waals surface area contributed by atoms with E-state index < -0.39 is 5.92 Å². The standard InChI is InChI=1S/C19H13ClN2O2/c20-12-5-3-4-11(8-12)13-9-14(13)18(23)15(10-21)19-22-16-6-1-2-7-17(16)24-19/h1-8,13-15H,9H2/t13-,14-,15+/m0/s1. The molecule has 0 radical (unpaired) electrons. The van der Waals surface area contributed by atoms with Gasteiger partial charge in [0.1, 0.15) is 5.52 Å². The summed E-state index contributed by atoms with van der Waals surface area (Å²) in [5, 5.41) is 10.1. The molecule has 118 valence electrons. The van der Waals surface area contributed by atoms with E-state index in [0.29, 0.717) is 16.1 Å². The summed E-state index contributed by atoms with van der Waals surface area (Å²) < 4.78 is 5.60. The summed E-state index contributed by atoms with van der Waals surface area (Å²) in [4.78, 5) is 17.0. The molecule has 4 nitrogen and oxygen atoms in total. The van der Waals surface area contributed by atoms with Crippen molar-refractivity contribution in [3.8, 4) is 6.07 Å². The van der Waals surface area contributed by atoms with Gasteiger partial charge in [-0.25, -0.2) is 4.98 Å². The van der Waals surface area contributed by atoms with Crippen LogP contribution in [-0.2, 0) is 4.79 Å². The number of aromatic nitrogens is 1. The second-order valence-electron chi connectivity index (χ2n) is 5.99. The Kier molecular flexibility index (Phi) is 3.59. The number of benzene rings is 2. The lowest BCUT2D eigenvalue weighted by atomic mass is 9.99. The topological polar surface area (TPSA) is 66.9 Å². The molecule has 24 heavy (non-hydrogen) atoms. The molecule has 1 aromatic heterocycles. The zero-order valence-corrected chi connectivity index (χ0v) is 13.4. The minimum absolute atomic E-state index is 0.122. The van der Waals surface area contributed by atoms with Gasteiger partial charge in [0.15, 0.2) is 17.3 Å². The van der Waals surface area contributed by atoms with Gasteiger partial charge < -0.3 is 4.42 Å². The van der Waals surface area contributed by atoms with Crippen molar-refractivity contribution in [2.45, 2.75) is 18.3 Å². The predicted octanol–water partition coefficient (Wildman–Crippen LogP) is 4.46. The Balaban J connectivity index is 1.58. The van der Waals surface area contributed by atoms with Gasteiger partial charge in [0.25, 0.3) is 0 Å². The first-order valence-electron chi connectivity index (χ1n) is 7.71. The average molecular weight is 337 g/mol. The zero-order valence-electron chi connectivity index (χ0n) is 12.6. The van der Waals surface area contributed by atoms with Gasteiger partial charge in [-0.1, -0.05) is 35.9 Å². The minimum Gasteiger partial charge on any atom is -0.439 e. The number of hydrogen-bond acceptors (Lipinski definition) is 4. The number of nitrogens with zero attached hydrogens (tertiary/aromatic N) is 2. The fraction of sp³-hybridized carbons (Fsp3) is 0.211. The SMILES string of the molecule is N#C[C@H](C(=O)[C@H]1C[C@H]1c1cccc(Cl)c1)c1nc2ccccc2o1. The highest BCUT2D eigenvalue weighted by atomic mass is 35.5. The van der Waals surface area contributed by atoms with Crippen LogP contribution in [0.4, 0.5) is 0 Å². The normalized spacial score (nSPS) is 20.5. The summed E-state index contributed by atoms with van der Waals surface area (Å²) in [7, 11) is 0. The first-order chi connectivity index (χ1) is 11.7. The molecule has 0 spiro atoms. The number of oxazole rings is 1. The maximum atomic E-state index is 12.7. The molecule has 5 heteroatoms. The molecule has 0 aliphatic heterocycles. The maximum Gasteiger partial charge on any atom is 0.220 e. The highest BCUT2D eigenvalue weighted by Crippen LogP contribution is 2.50. The van der Waals surface area contributed by atoms with Crippen LogP contribution in [0.2, 0.25) is 5.02 Å². The molecule has 1 heterocycles. The van der Waals surface area contributed by atoms with Crippen molar-refractivity contribution < 1.29 is 9.21 Å². The average Bonchev–Trinajstić information content (AvgIpc) is 3.28. The number of ketones is 1. The lowest BCUT2D eigenvalue weighted by Crippen LogP contribution is -2.14. The van der Waals surface area contributed by atoms with E-state index in [9.17, 15) is 10.1 Å². The van der Waals surface area contributed by atoms with Crippen molar-refractivity contribution >= 4 is 28.5 Å². The first-order valence-corrected chi connectivity index (χ1v) is 8.09. The number of Topliss-reactive ketones (excluding diaryl/α,β-unsaturated/α-hetero) is 1. The molecule has 1 fully saturated rings. The van der Waals surface area contributed by atoms with Gasteiger partial charge in [-0.05, 0) is 42.2 Å². The Morgan fingerprint density at radius 3 is 2.88 bits per heavy atom. The first kappa shape index (κ1) is 14.9. The van der Waals surface area contributed by atoms with Gasteiger partial charge in [0.2, 0.25) is 5.89 Å². The number of rotatable bonds is 4. The number of carbonyl (C=O) groups is 1. The quantitative estimate of drug-likeness (QED) is 0.705. The van der Waals surface area contributed by atoms with Crippen LogP contribution in [-0.4, -0.2) is 10.8 Å². The Hall–Kier alpha value is -2.64. The molecule has 3 aromatic rings. The predicted molar refractivity (Wildman–Crippen MR) is 89.7 cm³/mol. The summed E-state index contributed by atoms with van der Waals surface area (Å²) in [6.07, 6.45) is 0.734. The van der Waals surface area contributed by atoms with Gasteiger partial charge >= 0.3 is 0 Å². The third-order valence-corrected chi connectivity index (χ3v) is 4.64. The largest absolute Gasteiger partial charge is 0.439 e. The number of halogens is 1. The molecule has 0 N–H and O–H groups in total. The summed E-state index contributed by atoms with van der Waals surface area (Å²) in [5.74, 6) is -0.972. The van der Waals surface area contributed by atoms with Crippen LogP contribution in [0, 0.1) is 17.2 Å². The van der Waals surface area contributed by atoms with Crippen molar-refractivity contribution in [3.05, 3.63) is 65.0 Å². The molecule has 2 aromatic carbocycles. The van der Waals surface area contributed by atoms with Gasteiger partial charge in [0.05, 0.1) is 6.07 Å². The van der Waals surface area contributed by atoms with Gasteiger partial charge in [-0.2, -0.15) is 5.26 Å². The highest BCUT2D eigenvalue weighted by molar-refractivity contribution is 6.30. The van der Waals surface area contributed by atoms with E-state index in [4.69, 9.17) is 16.0 Å². The molecule has 0 bridgehead atoms. The van der Waals surface area contributed by atoms with E-state index in [1.165, 1.54) is 0 Å². The van der Waals surface area contributed by atoms with Crippen molar-refractivity contribution in [2.24, 2.45) is 5.92 Å². The van der Waals surface area contributed by atoms with Gasteiger partial charge in [0, 0.05) is 10.9 Å². The molecule has 0 saturated heterocycles. The van der Waals surface area contributed by atoms with Crippen LogP contribution in [0.25, 0.3) is 11.1 Å². The second-order valence-corrected chi connectivity index (χ2v) is 6.42. The lowest BCUT2D eigenvalue weighted by Gasteiger charge is -2.04. The minimum atomic E-state index is -0.966. The third kappa shape index (κ3) is 2.57. The molecule has 1 aliphatic rings. The van der Waals surface area contributed by atoms with E-state index in [0.717, 1.165) is 12.0 Å². The molecule has 0 unspecified atom stereocenters. The molecule has 0 amide bonds. The molecular formula is C19H13ClN2O2. The van der Waals surface area contributed by atoms with Crippen LogP contribution in [0.1, 0.15) is 29.7 Å². The fourth-order valence-corrected chi connectivity index (χ4v) is 3.28. The van der Waals surface area contributed by atoms with E-state index >= 15 is 0 Å². The summed E-state index contributed by atoms with van der Waals surface area (Å²) in [6.45, 7) is 0. The fourth-order valence-electron chi connectivity index (χ4n) is 3.08. The van der Waals surface area contributed by atoms with Crippen molar-refractivity contribution in [2.75, 3.05) is 0 Å². The molecule has 1 saturated carbocycles. The second kappa shape index (κ2) is 5.77. The Morgan fingerprint density at radius 2 is 2.12 bits per heavy atom. The third-order valence-electron chi connectivity index (χ3n) is 4.40. The zero-order chi connectivity index (χ0) is 16.7. The number of para-hydroxylation sites is 2. The number of nitriles is 1. The smallest absolute Gasteiger partial charge is 0.220 e. The van der Waals surface area contributed by atoms with E-state index in [2.05, 4.69) is 11.1 Å². The Bertz CT molecular complexity index is 940. The Morgan fingerprint density at radius 1 is 1.29 bits per heavy atom. The van der Waals surface area contributed by atoms with Gasteiger partial charge in [-0.3, -0.25) is 4.79 Å². The van der Waals surface area contributed by atoms with Crippen LogP contribution in [0.15, 0.2) is 52.9 Å². The van der Waals surface area contributed by atoms with E-state index in [1.807, 2.05) is 30.3 Å². The lowest BCUT2D eigenvalue weighted by molar-refractivity contribution is -0.121. The van der Waals surface area contributed by atoms with Crippen molar-refractivity contribution in [1.82, 2.24) is 4.98 Å². The molecule has 1 aliphatic carbocycles. The van der Waals surface area contributed by atoms with Crippen LogP contribution in [0.3, 0.4) is 0 Å². The van der Waals surface area contributed by atoms with Gasteiger partial charge in [-0.15, -0.1) is 0 Å². The molecular weight excluding hydrogens is 324 g/mol. The van der Waals surface area contributed by atoms with Crippen LogP contribution < -0.4 is 0 Å². The highest BCUT2D eigenvalue weighted by Gasteiger charge is 2.47. The summed E-state index contributed by atoms with van der Waals surface area (Å²) in [5.41, 5.74) is 2.28. The monoisotopic (exact) mass is 336 g/mol. The Labute approximate surface area is 143 Å². The van der Waals surface area contributed by atoms with Crippen molar-refractivity contribution in [1.29, 1.82) is 5.26 Å². The summed E-state index contributed by atoms with van der Waals surface area (Å²) >= 11 is 6.01. The number of hydrogen-bond donors (Lipinski definition) is 0. The molecule has 3 atom stereocenters. The maximum absolute atomic E-state index is 12.7. The summed E-state index contributed by atoms with van der Waals surface area (Å²) in [6, 6.07) is 16.8. The van der Waals surface area contributed by atoms with E-state index in [1.54, 1.807) is 18.2 Å². The van der Waals surface area contributed by atoms with Crippen LogP contribution >= 0.6 is 11.6 Å². The molecule has 4 rings (SSSR count). The van der Waals surface area contributed by atoms with Crippen LogP contribution in [0.5, 0.6) is 0 Å². The number of carbonyl (C=O) groups excluding carboxylic acids is 1.